The molecule has 2 N–H and O–H groups in total. The van der Waals surface area contributed by atoms with Crippen molar-refractivity contribution in [3.63, 3.8) is 0 Å². The van der Waals surface area contributed by atoms with Crippen LogP contribution in [0.15, 0.2) is 6.20 Å². The Morgan fingerprint density at radius 2 is 2.31 bits per heavy atom. The van der Waals surface area contributed by atoms with Gasteiger partial charge in [-0.15, -0.1) is 5.10 Å². The van der Waals surface area contributed by atoms with Gasteiger partial charge in [-0.05, 0) is 25.2 Å². The van der Waals surface area contributed by atoms with Crippen molar-refractivity contribution in [3.05, 3.63) is 11.9 Å². The number of nitrogens with two attached hydrogens (primary N) is 1. The molecular formula is C11H20N4O. The second-order valence-corrected chi connectivity index (χ2v) is 4.44. The maximum atomic E-state index is 5.90. The van der Waals surface area contributed by atoms with Gasteiger partial charge in [-0.1, -0.05) is 12.1 Å². The van der Waals surface area contributed by atoms with Gasteiger partial charge in [0.2, 0.25) is 0 Å². The van der Waals surface area contributed by atoms with Gasteiger partial charge in [0.15, 0.2) is 0 Å². The highest BCUT2D eigenvalue weighted by Gasteiger charge is 2.16. The molecule has 2 rings (SSSR count). The van der Waals surface area contributed by atoms with Crippen molar-refractivity contribution < 1.29 is 4.74 Å². The minimum absolute atomic E-state index is 0.0171. The van der Waals surface area contributed by atoms with E-state index in [1.807, 2.05) is 10.9 Å². The molecule has 1 aliphatic heterocycles. The number of ether oxygens (including phenoxy) is 1. The summed E-state index contributed by atoms with van der Waals surface area (Å²) in [6, 6.07) is 0.0171. The molecule has 0 saturated carbocycles. The van der Waals surface area contributed by atoms with Crippen LogP contribution in [-0.2, 0) is 11.3 Å². The molecular weight excluding hydrogens is 204 g/mol. The van der Waals surface area contributed by atoms with Gasteiger partial charge >= 0.3 is 0 Å². The van der Waals surface area contributed by atoms with E-state index in [0.29, 0.717) is 5.92 Å². The van der Waals surface area contributed by atoms with E-state index < -0.39 is 0 Å². The lowest BCUT2D eigenvalue weighted by Crippen LogP contribution is -2.20. The minimum atomic E-state index is 0.0171. The zero-order valence-corrected chi connectivity index (χ0v) is 9.80. The van der Waals surface area contributed by atoms with Crippen LogP contribution < -0.4 is 5.73 Å². The summed E-state index contributed by atoms with van der Waals surface area (Å²) in [4.78, 5) is 0. The van der Waals surface area contributed by atoms with E-state index in [2.05, 4.69) is 17.2 Å². The van der Waals surface area contributed by atoms with Crippen molar-refractivity contribution in [2.24, 2.45) is 11.7 Å². The van der Waals surface area contributed by atoms with E-state index in [1.165, 1.54) is 0 Å². The van der Waals surface area contributed by atoms with Crippen molar-refractivity contribution in [2.75, 3.05) is 13.2 Å². The Balaban J connectivity index is 1.91. The first-order valence-electron chi connectivity index (χ1n) is 6.03. The summed E-state index contributed by atoms with van der Waals surface area (Å²) in [5.41, 5.74) is 6.80. The third-order valence-electron chi connectivity index (χ3n) is 3.16. The first-order valence-corrected chi connectivity index (χ1v) is 6.03. The Morgan fingerprint density at radius 3 is 3.00 bits per heavy atom. The van der Waals surface area contributed by atoms with Crippen molar-refractivity contribution in [1.29, 1.82) is 0 Å². The van der Waals surface area contributed by atoms with E-state index in [9.17, 15) is 0 Å². The summed E-state index contributed by atoms with van der Waals surface area (Å²) in [6.45, 7) is 4.75. The molecule has 2 heterocycles. The summed E-state index contributed by atoms with van der Waals surface area (Å²) in [5.74, 6) is 0.668. The van der Waals surface area contributed by atoms with Crippen LogP contribution in [0.1, 0.15) is 37.9 Å². The second-order valence-electron chi connectivity index (χ2n) is 4.44. The number of rotatable bonds is 4. The normalized spacial score (nSPS) is 19.9. The number of nitrogens with zero attached hydrogens (tertiary/aromatic N) is 3. The molecule has 1 aromatic rings. The van der Waals surface area contributed by atoms with Gasteiger partial charge in [-0.2, -0.15) is 0 Å². The van der Waals surface area contributed by atoms with Crippen molar-refractivity contribution in [1.82, 2.24) is 15.0 Å². The molecule has 0 aromatic carbocycles. The lowest BCUT2D eigenvalue weighted by Gasteiger charge is -2.21. The quantitative estimate of drug-likeness (QED) is 0.832. The fraction of sp³-hybridized carbons (Fsp3) is 0.818. The minimum Gasteiger partial charge on any atom is -0.381 e. The Kier molecular flexibility index (Phi) is 3.90. The SMILES string of the molecule is CCC(N)c1cn(CC2CCOCC2)nn1. The molecule has 1 fully saturated rings. The van der Waals surface area contributed by atoms with Gasteiger partial charge in [-0.25, -0.2) is 0 Å². The molecule has 0 spiro atoms. The largest absolute Gasteiger partial charge is 0.381 e. The highest BCUT2D eigenvalue weighted by Crippen LogP contribution is 2.17. The molecule has 1 saturated heterocycles. The molecule has 0 radical (unpaired) electrons. The van der Waals surface area contributed by atoms with E-state index in [4.69, 9.17) is 10.5 Å². The molecule has 0 aliphatic carbocycles. The number of hydrogen-bond acceptors (Lipinski definition) is 4. The molecule has 5 nitrogen and oxygen atoms in total. The smallest absolute Gasteiger partial charge is 0.0993 e. The zero-order chi connectivity index (χ0) is 11.4. The Hall–Kier alpha value is -0.940. The van der Waals surface area contributed by atoms with E-state index >= 15 is 0 Å². The fourth-order valence-electron chi connectivity index (χ4n) is 1.98. The molecule has 1 aliphatic rings. The maximum Gasteiger partial charge on any atom is 0.0993 e. The molecule has 5 heteroatoms. The second kappa shape index (κ2) is 5.41. The molecule has 16 heavy (non-hydrogen) atoms. The van der Waals surface area contributed by atoms with E-state index in [-0.39, 0.29) is 6.04 Å². The number of hydrogen-bond donors (Lipinski definition) is 1. The first kappa shape index (κ1) is 11.5. The monoisotopic (exact) mass is 224 g/mol. The van der Waals surface area contributed by atoms with Crippen molar-refractivity contribution in [3.8, 4) is 0 Å². The highest BCUT2D eigenvalue weighted by molar-refractivity contribution is 4.98. The summed E-state index contributed by atoms with van der Waals surface area (Å²) in [6.07, 6.45) is 5.11. The lowest BCUT2D eigenvalue weighted by molar-refractivity contribution is 0.0600. The molecule has 0 amide bonds. The van der Waals surface area contributed by atoms with Gasteiger partial charge in [0.05, 0.1) is 17.9 Å². The van der Waals surface area contributed by atoms with Crippen LogP contribution in [0.2, 0.25) is 0 Å². The van der Waals surface area contributed by atoms with Gasteiger partial charge in [0.25, 0.3) is 0 Å². The third-order valence-corrected chi connectivity index (χ3v) is 3.16. The first-order chi connectivity index (χ1) is 7.79. The van der Waals surface area contributed by atoms with Gasteiger partial charge < -0.3 is 10.5 Å². The van der Waals surface area contributed by atoms with Crippen LogP contribution in [-0.4, -0.2) is 28.2 Å². The van der Waals surface area contributed by atoms with Crippen molar-refractivity contribution >= 4 is 0 Å². The van der Waals surface area contributed by atoms with Crippen LogP contribution in [0, 0.1) is 5.92 Å². The zero-order valence-electron chi connectivity index (χ0n) is 9.80. The Bertz CT molecular complexity index is 320. The summed E-state index contributed by atoms with van der Waals surface area (Å²) in [7, 11) is 0. The standard InChI is InChI=1S/C11H20N4O/c1-2-10(12)11-8-15(14-13-11)7-9-3-5-16-6-4-9/h8-10H,2-7,12H2,1H3. The van der Waals surface area contributed by atoms with Crippen LogP contribution in [0.3, 0.4) is 0 Å². The Morgan fingerprint density at radius 1 is 1.56 bits per heavy atom. The summed E-state index contributed by atoms with van der Waals surface area (Å²) in [5, 5.41) is 8.23. The highest BCUT2D eigenvalue weighted by atomic mass is 16.5. The predicted molar refractivity (Wildman–Crippen MR) is 60.8 cm³/mol. The van der Waals surface area contributed by atoms with Crippen LogP contribution >= 0.6 is 0 Å². The average molecular weight is 224 g/mol. The maximum absolute atomic E-state index is 5.90. The lowest BCUT2D eigenvalue weighted by atomic mass is 10.0. The topological polar surface area (TPSA) is 66.0 Å². The number of aromatic nitrogens is 3. The van der Waals surface area contributed by atoms with Gasteiger partial charge in [0, 0.05) is 19.8 Å². The Labute approximate surface area is 96.0 Å². The predicted octanol–water partition coefficient (Wildman–Crippen LogP) is 1.11. The fourth-order valence-corrected chi connectivity index (χ4v) is 1.98. The molecule has 90 valence electrons. The molecule has 1 unspecified atom stereocenters. The van der Waals surface area contributed by atoms with E-state index in [1.54, 1.807) is 0 Å². The van der Waals surface area contributed by atoms with Crippen LogP contribution in [0.4, 0.5) is 0 Å². The van der Waals surface area contributed by atoms with Gasteiger partial charge in [-0.3, -0.25) is 4.68 Å². The molecule has 1 aromatic heterocycles. The third kappa shape index (κ3) is 2.80. The van der Waals surface area contributed by atoms with E-state index in [0.717, 1.165) is 44.7 Å². The molecule has 0 bridgehead atoms. The average Bonchev–Trinajstić information content (AvgIpc) is 2.78. The van der Waals surface area contributed by atoms with Crippen LogP contribution in [0.5, 0.6) is 0 Å². The van der Waals surface area contributed by atoms with Crippen molar-refractivity contribution in [2.45, 2.75) is 38.8 Å². The summed E-state index contributed by atoms with van der Waals surface area (Å²) >= 11 is 0. The van der Waals surface area contributed by atoms with Crippen LogP contribution in [0.25, 0.3) is 0 Å². The van der Waals surface area contributed by atoms with Gasteiger partial charge in [0.1, 0.15) is 0 Å². The summed E-state index contributed by atoms with van der Waals surface area (Å²) < 4.78 is 7.25. The molecule has 1 atom stereocenters.